The highest BCUT2D eigenvalue weighted by Gasteiger charge is 2.14. The first-order valence-electron chi connectivity index (χ1n) is 7.83. The van der Waals surface area contributed by atoms with Gasteiger partial charge in [-0.1, -0.05) is 39.5 Å². The summed E-state index contributed by atoms with van der Waals surface area (Å²) in [5, 5.41) is 7.57. The van der Waals surface area contributed by atoms with Crippen LogP contribution in [0.25, 0.3) is 0 Å². The summed E-state index contributed by atoms with van der Waals surface area (Å²) >= 11 is 0. The third-order valence-electron chi connectivity index (χ3n) is 3.49. The molecule has 0 aromatic rings. The lowest BCUT2D eigenvalue weighted by Crippen LogP contribution is -2.46. The summed E-state index contributed by atoms with van der Waals surface area (Å²) in [6.45, 7) is 14.2. The maximum absolute atomic E-state index is 7.57. The van der Waals surface area contributed by atoms with E-state index in [1.165, 1.54) is 71.4 Å². The first kappa shape index (κ1) is 17.9. The smallest absolute Gasteiger partial charge is 0.0402 e. The molecule has 0 unspecified atom stereocenters. The number of likely N-dealkylation sites (N-methyl/N-ethyl adjacent to an activating group) is 1. The third kappa shape index (κ3) is 9.86. The van der Waals surface area contributed by atoms with Crippen molar-refractivity contribution in [3.8, 4) is 0 Å². The highest BCUT2D eigenvalue weighted by atomic mass is 16.2. The topological polar surface area (TPSA) is 26.7 Å². The van der Waals surface area contributed by atoms with Crippen LogP contribution in [0.15, 0.2) is 0 Å². The van der Waals surface area contributed by atoms with Crippen molar-refractivity contribution in [2.24, 2.45) is 0 Å². The molecule has 0 aromatic carbocycles. The first-order chi connectivity index (χ1) is 8.78. The van der Waals surface area contributed by atoms with Crippen LogP contribution >= 0.6 is 0 Å². The van der Waals surface area contributed by atoms with E-state index in [2.05, 4.69) is 23.6 Å². The Morgan fingerprint density at radius 3 is 1.78 bits per heavy atom. The van der Waals surface area contributed by atoms with Gasteiger partial charge in [0.1, 0.15) is 0 Å². The van der Waals surface area contributed by atoms with E-state index in [-0.39, 0.29) is 6.61 Å². The van der Waals surface area contributed by atoms with Crippen LogP contribution < -0.4 is 0 Å². The van der Waals surface area contributed by atoms with Crippen LogP contribution in [-0.2, 0) is 0 Å². The monoisotopic (exact) mass is 258 g/mol. The Balaban J connectivity index is 0.000000873. The summed E-state index contributed by atoms with van der Waals surface area (Å²) in [4.78, 5) is 5.19. The Bertz CT molecular complexity index is 157. The molecule has 1 aliphatic heterocycles. The zero-order valence-corrected chi connectivity index (χ0v) is 12.8. The average Bonchev–Trinajstić information content (AvgIpc) is 2.40. The zero-order valence-electron chi connectivity index (χ0n) is 12.8. The maximum Gasteiger partial charge on any atom is 0.0402 e. The molecule has 1 N–H and O–H groups in total. The number of piperazine rings is 1. The molecule has 0 saturated carbocycles. The van der Waals surface area contributed by atoms with Crippen LogP contribution in [0.4, 0.5) is 0 Å². The molecule has 18 heavy (non-hydrogen) atoms. The summed E-state index contributed by atoms with van der Waals surface area (Å²) < 4.78 is 0. The van der Waals surface area contributed by atoms with Crippen molar-refractivity contribution in [2.45, 2.75) is 52.9 Å². The Kier molecular flexibility index (Phi) is 13.2. The fraction of sp³-hybridized carbons (Fsp3) is 1.00. The van der Waals surface area contributed by atoms with E-state index in [1.807, 2.05) is 0 Å². The van der Waals surface area contributed by atoms with Crippen molar-refractivity contribution in [3.63, 3.8) is 0 Å². The summed E-state index contributed by atoms with van der Waals surface area (Å²) in [7, 11) is 0. The fourth-order valence-corrected chi connectivity index (χ4v) is 2.27. The lowest BCUT2D eigenvalue weighted by atomic mass is 10.1. The van der Waals surface area contributed by atoms with Crippen LogP contribution in [0.3, 0.4) is 0 Å². The van der Waals surface area contributed by atoms with Crippen molar-refractivity contribution < 1.29 is 5.11 Å². The van der Waals surface area contributed by atoms with Crippen LogP contribution in [0.2, 0.25) is 0 Å². The molecular formula is C15H34N2O. The molecule has 0 amide bonds. The third-order valence-corrected chi connectivity index (χ3v) is 3.49. The minimum absolute atomic E-state index is 0.250. The van der Waals surface area contributed by atoms with E-state index in [4.69, 9.17) is 5.11 Å². The summed E-state index contributed by atoms with van der Waals surface area (Å²) in [5.41, 5.74) is 0. The Morgan fingerprint density at radius 1 is 0.778 bits per heavy atom. The van der Waals surface area contributed by atoms with E-state index in [0.717, 1.165) is 0 Å². The van der Waals surface area contributed by atoms with Crippen LogP contribution in [0.5, 0.6) is 0 Å². The molecule has 0 atom stereocenters. The van der Waals surface area contributed by atoms with E-state index >= 15 is 0 Å². The number of rotatable bonds is 7. The van der Waals surface area contributed by atoms with Gasteiger partial charge in [-0.25, -0.2) is 0 Å². The molecule has 1 heterocycles. The number of hydrogen-bond acceptors (Lipinski definition) is 3. The summed E-state index contributed by atoms with van der Waals surface area (Å²) in [6, 6.07) is 0. The van der Waals surface area contributed by atoms with Gasteiger partial charge in [-0.15, -0.1) is 0 Å². The quantitative estimate of drug-likeness (QED) is 0.711. The van der Waals surface area contributed by atoms with Gasteiger partial charge in [0.15, 0.2) is 0 Å². The Morgan fingerprint density at radius 2 is 1.28 bits per heavy atom. The normalized spacial score (nSPS) is 17.3. The summed E-state index contributed by atoms with van der Waals surface area (Å²) in [5.74, 6) is 0. The molecule has 0 radical (unpaired) electrons. The van der Waals surface area contributed by atoms with Gasteiger partial charge in [-0.3, -0.25) is 0 Å². The highest BCUT2D eigenvalue weighted by molar-refractivity contribution is 4.70. The first-order valence-corrected chi connectivity index (χ1v) is 7.83. The molecule has 110 valence electrons. The van der Waals surface area contributed by atoms with Crippen LogP contribution in [0, 0.1) is 0 Å². The van der Waals surface area contributed by atoms with E-state index in [1.54, 1.807) is 6.92 Å². The van der Waals surface area contributed by atoms with Crippen molar-refractivity contribution in [3.05, 3.63) is 0 Å². The molecule has 0 spiro atoms. The average molecular weight is 258 g/mol. The van der Waals surface area contributed by atoms with E-state index in [0.29, 0.717) is 0 Å². The standard InChI is InChI=1S/C13H28N2.C2H6O/c1-3-5-6-7-8-9-15-12-10-14(4-2)11-13-15;1-2-3/h3-13H2,1-2H3;3H,2H2,1H3. The SMILES string of the molecule is CCCCCCCN1CCN(CC)CC1.CCO. The minimum Gasteiger partial charge on any atom is -0.397 e. The largest absolute Gasteiger partial charge is 0.397 e. The molecule has 0 aromatic heterocycles. The van der Waals surface area contributed by atoms with Crippen molar-refractivity contribution in [1.82, 2.24) is 9.80 Å². The van der Waals surface area contributed by atoms with Crippen molar-refractivity contribution in [2.75, 3.05) is 45.9 Å². The van der Waals surface area contributed by atoms with Gasteiger partial charge in [-0.05, 0) is 26.4 Å². The molecule has 1 saturated heterocycles. The number of unbranched alkanes of at least 4 members (excludes halogenated alkanes) is 4. The van der Waals surface area contributed by atoms with Crippen molar-refractivity contribution in [1.29, 1.82) is 0 Å². The molecule has 0 aliphatic carbocycles. The zero-order chi connectivity index (χ0) is 13.6. The van der Waals surface area contributed by atoms with Crippen LogP contribution in [-0.4, -0.2) is 60.8 Å². The molecule has 3 heteroatoms. The molecular weight excluding hydrogens is 224 g/mol. The maximum atomic E-state index is 7.57. The van der Waals surface area contributed by atoms with Crippen molar-refractivity contribution >= 4 is 0 Å². The van der Waals surface area contributed by atoms with Gasteiger partial charge in [0.05, 0.1) is 0 Å². The summed E-state index contributed by atoms with van der Waals surface area (Å²) in [6.07, 6.45) is 7.05. The second kappa shape index (κ2) is 13.3. The van der Waals surface area contributed by atoms with Gasteiger partial charge < -0.3 is 14.9 Å². The second-order valence-electron chi connectivity index (χ2n) is 5.01. The second-order valence-corrected chi connectivity index (χ2v) is 5.01. The fourth-order valence-electron chi connectivity index (χ4n) is 2.27. The van der Waals surface area contributed by atoms with E-state index < -0.39 is 0 Å². The molecule has 1 aliphatic rings. The van der Waals surface area contributed by atoms with Gasteiger partial charge >= 0.3 is 0 Å². The molecule has 0 bridgehead atoms. The van der Waals surface area contributed by atoms with Gasteiger partial charge in [0, 0.05) is 32.8 Å². The predicted octanol–water partition coefficient (Wildman–Crippen LogP) is 2.59. The number of aliphatic hydroxyl groups excluding tert-OH is 1. The Hall–Kier alpha value is -0.120. The number of aliphatic hydroxyl groups is 1. The molecule has 3 nitrogen and oxygen atoms in total. The minimum atomic E-state index is 0.250. The number of hydrogen-bond donors (Lipinski definition) is 1. The van der Waals surface area contributed by atoms with Gasteiger partial charge in [0.2, 0.25) is 0 Å². The highest BCUT2D eigenvalue weighted by Crippen LogP contribution is 2.06. The van der Waals surface area contributed by atoms with Gasteiger partial charge in [0.25, 0.3) is 0 Å². The van der Waals surface area contributed by atoms with Gasteiger partial charge in [-0.2, -0.15) is 0 Å². The lowest BCUT2D eigenvalue weighted by molar-refractivity contribution is 0.135. The molecule has 1 rings (SSSR count). The van der Waals surface area contributed by atoms with Crippen LogP contribution in [0.1, 0.15) is 52.9 Å². The van der Waals surface area contributed by atoms with E-state index in [9.17, 15) is 0 Å². The lowest BCUT2D eigenvalue weighted by Gasteiger charge is -2.33. The Labute approximate surface area is 114 Å². The number of nitrogens with zero attached hydrogens (tertiary/aromatic N) is 2. The molecule has 1 fully saturated rings. The predicted molar refractivity (Wildman–Crippen MR) is 80.1 cm³/mol.